The molecule has 1 aliphatic rings. The number of nitro benzene ring substituents is 1. The highest BCUT2D eigenvalue weighted by Crippen LogP contribution is 2.26. The molecule has 0 aliphatic carbocycles. The maximum Gasteiger partial charge on any atom is 0.285 e. The summed E-state index contributed by atoms with van der Waals surface area (Å²) in [5.41, 5.74) is 0.453. The molecule has 1 amide bonds. The Morgan fingerprint density at radius 1 is 1.21 bits per heavy atom. The Morgan fingerprint density at radius 2 is 1.90 bits per heavy atom. The molecule has 1 saturated heterocycles. The quantitative estimate of drug-likeness (QED) is 0.591. The summed E-state index contributed by atoms with van der Waals surface area (Å²) in [6.07, 6.45) is 1.85. The number of para-hydroxylation sites is 1. The molecular weight excluding hydrogens is 394 g/mol. The minimum absolute atomic E-state index is 0.0472. The van der Waals surface area contributed by atoms with Crippen LogP contribution < -0.4 is 5.32 Å². The van der Waals surface area contributed by atoms with Crippen molar-refractivity contribution in [3.8, 4) is 0 Å². The second-order valence-electron chi connectivity index (χ2n) is 7.32. The number of hydrogen-bond acceptors (Lipinski definition) is 5. The van der Waals surface area contributed by atoms with Crippen molar-refractivity contribution in [2.75, 3.05) is 18.4 Å². The third-order valence-electron chi connectivity index (χ3n) is 5.03. The van der Waals surface area contributed by atoms with E-state index in [0.29, 0.717) is 30.3 Å². The summed E-state index contributed by atoms with van der Waals surface area (Å²) in [7, 11) is -3.58. The lowest BCUT2D eigenvalue weighted by Crippen LogP contribution is -2.39. The van der Waals surface area contributed by atoms with Crippen molar-refractivity contribution in [1.29, 1.82) is 0 Å². The van der Waals surface area contributed by atoms with Crippen molar-refractivity contribution in [3.05, 3.63) is 63.7 Å². The van der Waals surface area contributed by atoms with Crippen LogP contribution in [-0.4, -0.2) is 36.6 Å². The first-order valence-electron chi connectivity index (χ1n) is 9.35. The van der Waals surface area contributed by atoms with E-state index in [0.717, 1.165) is 12.8 Å². The number of amides is 1. The summed E-state index contributed by atoms with van der Waals surface area (Å²) in [6, 6.07) is 10.4. The number of piperidine rings is 1. The van der Waals surface area contributed by atoms with Crippen molar-refractivity contribution in [2.24, 2.45) is 5.92 Å². The van der Waals surface area contributed by atoms with Gasteiger partial charge >= 0.3 is 0 Å². The van der Waals surface area contributed by atoms with E-state index in [1.54, 1.807) is 19.1 Å². The molecule has 1 fully saturated rings. The Hall–Kier alpha value is -2.78. The maximum atomic E-state index is 12.8. The summed E-state index contributed by atoms with van der Waals surface area (Å²) in [5, 5.41) is 13.9. The summed E-state index contributed by atoms with van der Waals surface area (Å²) >= 11 is 0. The number of anilines is 1. The normalized spacial score (nSPS) is 17.7. The number of carbonyl (C=O) groups is 1. The smallest absolute Gasteiger partial charge is 0.285 e. The lowest BCUT2D eigenvalue weighted by Gasteiger charge is -2.30. The number of hydrogen-bond donors (Lipinski definition) is 1. The fourth-order valence-corrected chi connectivity index (χ4v) is 5.11. The molecule has 1 N–H and O–H groups in total. The lowest BCUT2D eigenvalue weighted by atomic mass is 10.0. The SMILES string of the molecule is Cc1cccc(C(=O)Nc2ccc(S(=O)(=O)N3CCC[C@H](C)C3)cc2)c1[N+](=O)[O-]. The number of nitro groups is 1. The molecule has 0 radical (unpaired) electrons. The van der Waals surface area contributed by atoms with Crippen LogP contribution in [0, 0.1) is 23.0 Å². The number of rotatable bonds is 5. The first-order valence-corrected chi connectivity index (χ1v) is 10.8. The van der Waals surface area contributed by atoms with Gasteiger partial charge in [0.2, 0.25) is 10.0 Å². The third-order valence-corrected chi connectivity index (χ3v) is 6.91. The van der Waals surface area contributed by atoms with Gasteiger partial charge in [0.1, 0.15) is 5.56 Å². The molecule has 1 aliphatic heterocycles. The molecule has 154 valence electrons. The summed E-state index contributed by atoms with van der Waals surface area (Å²) in [6.45, 7) is 4.60. The highest BCUT2D eigenvalue weighted by molar-refractivity contribution is 7.89. The van der Waals surface area contributed by atoms with Gasteiger partial charge in [0.15, 0.2) is 0 Å². The number of aryl methyl sites for hydroxylation is 1. The standard InChI is InChI=1S/C20H23N3O5S/c1-14-5-4-12-22(13-14)29(27,28)17-10-8-16(9-11-17)21-20(24)18-7-3-6-15(2)19(18)23(25)26/h3,6-11,14H,4-5,12-13H2,1-2H3,(H,21,24)/t14-/m0/s1. The minimum atomic E-state index is -3.58. The molecule has 0 spiro atoms. The predicted molar refractivity (Wildman–Crippen MR) is 109 cm³/mol. The molecule has 0 unspecified atom stereocenters. The number of sulfonamides is 1. The van der Waals surface area contributed by atoms with Crippen LogP contribution in [0.3, 0.4) is 0 Å². The van der Waals surface area contributed by atoms with Crippen molar-refractivity contribution in [3.63, 3.8) is 0 Å². The highest BCUT2D eigenvalue weighted by atomic mass is 32.2. The number of nitrogens with one attached hydrogen (secondary N) is 1. The van der Waals surface area contributed by atoms with E-state index in [4.69, 9.17) is 0 Å². The fourth-order valence-electron chi connectivity index (χ4n) is 3.51. The van der Waals surface area contributed by atoms with Crippen LogP contribution in [0.15, 0.2) is 47.4 Å². The third kappa shape index (κ3) is 4.46. The Kier molecular flexibility index (Phi) is 5.99. The summed E-state index contributed by atoms with van der Waals surface area (Å²) in [4.78, 5) is 23.4. The zero-order valence-corrected chi connectivity index (χ0v) is 17.1. The second-order valence-corrected chi connectivity index (χ2v) is 9.26. The van der Waals surface area contributed by atoms with Crippen LogP contribution in [0.1, 0.15) is 35.7 Å². The van der Waals surface area contributed by atoms with Crippen molar-refractivity contribution in [2.45, 2.75) is 31.6 Å². The fraction of sp³-hybridized carbons (Fsp3) is 0.350. The van der Waals surface area contributed by atoms with Crippen LogP contribution in [0.5, 0.6) is 0 Å². The molecule has 2 aromatic carbocycles. The second kappa shape index (κ2) is 8.30. The van der Waals surface area contributed by atoms with Gasteiger partial charge in [-0.15, -0.1) is 0 Å². The molecule has 0 saturated carbocycles. The number of benzene rings is 2. The van der Waals surface area contributed by atoms with Crippen LogP contribution in [0.25, 0.3) is 0 Å². The Bertz CT molecular complexity index is 1030. The first-order chi connectivity index (χ1) is 13.7. The van der Waals surface area contributed by atoms with Gasteiger partial charge < -0.3 is 5.32 Å². The van der Waals surface area contributed by atoms with Gasteiger partial charge in [-0.2, -0.15) is 4.31 Å². The van der Waals surface area contributed by atoms with Crippen molar-refractivity contribution in [1.82, 2.24) is 4.31 Å². The van der Waals surface area contributed by atoms with Gasteiger partial charge in [0.05, 0.1) is 9.82 Å². The van der Waals surface area contributed by atoms with Crippen LogP contribution in [0.2, 0.25) is 0 Å². The average Bonchev–Trinajstić information content (AvgIpc) is 2.68. The van der Waals surface area contributed by atoms with Gasteiger partial charge in [-0.25, -0.2) is 8.42 Å². The van der Waals surface area contributed by atoms with Crippen LogP contribution in [-0.2, 0) is 10.0 Å². The van der Waals surface area contributed by atoms with E-state index in [2.05, 4.69) is 5.32 Å². The Balaban J connectivity index is 1.79. The van der Waals surface area contributed by atoms with E-state index in [1.165, 1.54) is 34.6 Å². The molecular formula is C20H23N3O5S. The van der Waals surface area contributed by atoms with Gasteiger partial charge in [-0.05, 0) is 56.0 Å². The zero-order chi connectivity index (χ0) is 21.2. The lowest BCUT2D eigenvalue weighted by molar-refractivity contribution is -0.385. The highest BCUT2D eigenvalue weighted by Gasteiger charge is 2.28. The maximum absolute atomic E-state index is 12.8. The summed E-state index contributed by atoms with van der Waals surface area (Å²) < 4.78 is 27.1. The van der Waals surface area contributed by atoms with Crippen LogP contribution >= 0.6 is 0 Å². The van der Waals surface area contributed by atoms with Gasteiger partial charge in [-0.1, -0.05) is 19.1 Å². The van der Waals surface area contributed by atoms with E-state index < -0.39 is 20.9 Å². The molecule has 0 bridgehead atoms. The molecule has 2 aromatic rings. The largest absolute Gasteiger partial charge is 0.322 e. The topological polar surface area (TPSA) is 110 Å². The van der Waals surface area contributed by atoms with Gasteiger partial charge in [0, 0.05) is 24.3 Å². The molecule has 29 heavy (non-hydrogen) atoms. The number of nitrogens with zero attached hydrogens (tertiary/aromatic N) is 2. The molecule has 8 nitrogen and oxygen atoms in total. The molecule has 1 atom stereocenters. The van der Waals surface area contributed by atoms with Crippen LogP contribution in [0.4, 0.5) is 11.4 Å². The first kappa shape index (κ1) is 20.9. The van der Waals surface area contributed by atoms with E-state index in [-0.39, 0.29) is 16.1 Å². The molecule has 0 aromatic heterocycles. The van der Waals surface area contributed by atoms with Crippen molar-refractivity contribution >= 4 is 27.3 Å². The molecule has 1 heterocycles. The van der Waals surface area contributed by atoms with E-state index in [9.17, 15) is 23.3 Å². The molecule has 3 rings (SSSR count). The van der Waals surface area contributed by atoms with Gasteiger partial charge in [0.25, 0.3) is 11.6 Å². The van der Waals surface area contributed by atoms with E-state index >= 15 is 0 Å². The van der Waals surface area contributed by atoms with Crippen molar-refractivity contribution < 1.29 is 18.1 Å². The predicted octanol–water partition coefficient (Wildman–Crippen LogP) is 3.58. The van der Waals surface area contributed by atoms with E-state index in [1.807, 2.05) is 6.92 Å². The van der Waals surface area contributed by atoms with Gasteiger partial charge in [-0.3, -0.25) is 14.9 Å². The average molecular weight is 417 g/mol. The Labute approximate surface area is 169 Å². The molecule has 9 heteroatoms. The zero-order valence-electron chi connectivity index (χ0n) is 16.3. The Morgan fingerprint density at radius 3 is 2.52 bits per heavy atom. The number of carbonyl (C=O) groups excluding carboxylic acids is 1. The minimum Gasteiger partial charge on any atom is -0.322 e. The summed E-state index contributed by atoms with van der Waals surface area (Å²) in [5.74, 6) is -0.303. The monoisotopic (exact) mass is 417 g/mol.